The van der Waals surface area contributed by atoms with E-state index in [0.29, 0.717) is 5.92 Å². The van der Waals surface area contributed by atoms with E-state index in [1.807, 2.05) is 0 Å². The van der Waals surface area contributed by atoms with Crippen LogP contribution in [0, 0.1) is 18.3 Å². The largest absolute Gasteiger partial charge is 0.390 e. The van der Waals surface area contributed by atoms with Crippen molar-refractivity contribution in [2.75, 3.05) is 0 Å². The predicted octanol–water partition coefficient (Wildman–Crippen LogP) is 3.12. The Morgan fingerprint density at radius 2 is 2.29 bits per heavy atom. The van der Waals surface area contributed by atoms with Gasteiger partial charge in [-0.3, -0.25) is 0 Å². The highest BCUT2D eigenvalue weighted by Gasteiger charge is 2.36. The molecule has 1 nitrogen and oxygen atoms in total. The normalized spacial score (nSPS) is 32.5. The minimum atomic E-state index is -0.399. The molecule has 0 amide bonds. The van der Waals surface area contributed by atoms with Gasteiger partial charge in [-0.2, -0.15) is 0 Å². The van der Waals surface area contributed by atoms with E-state index in [4.69, 9.17) is 6.42 Å². The molecular formula is C13H22O. The van der Waals surface area contributed by atoms with Gasteiger partial charge in [-0.05, 0) is 31.6 Å². The average molecular weight is 194 g/mol. The molecule has 1 aliphatic rings. The second kappa shape index (κ2) is 5.41. The highest BCUT2D eigenvalue weighted by atomic mass is 16.3. The van der Waals surface area contributed by atoms with E-state index in [9.17, 15) is 5.11 Å². The smallest absolute Gasteiger partial charge is 0.0676 e. The molecule has 0 bridgehead atoms. The van der Waals surface area contributed by atoms with Gasteiger partial charge in [0.05, 0.1) is 5.60 Å². The summed E-state index contributed by atoms with van der Waals surface area (Å²) in [4.78, 5) is 0. The van der Waals surface area contributed by atoms with Gasteiger partial charge < -0.3 is 5.11 Å². The molecule has 0 aliphatic heterocycles. The minimum Gasteiger partial charge on any atom is -0.390 e. The van der Waals surface area contributed by atoms with E-state index in [0.717, 1.165) is 32.1 Å². The first kappa shape index (κ1) is 11.6. The highest BCUT2D eigenvalue weighted by Crippen LogP contribution is 2.39. The molecule has 2 unspecified atom stereocenters. The number of rotatable bonds is 4. The fraction of sp³-hybridized carbons (Fsp3) is 0.846. The van der Waals surface area contributed by atoms with Crippen LogP contribution in [0.3, 0.4) is 0 Å². The van der Waals surface area contributed by atoms with E-state index >= 15 is 0 Å². The van der Waals surface area contributed by atoms with Crippen molar-refractivity contribution in [3.8, 4) is 12.3 Å². The zero-order chi connectivity index (χ0) is 10.4. The lowest BCUT2D eigenvalue weighted by Crippen LogP contribution is -2.40. The lowest BCUT2D eigenvalue weighted by Gasteiger charge is -2.39. The molecule has 1 N–H and O–H groups in total. The Kier molecular flexibility index (Phi) is 4.48. The van der Waals surface area contributed by atoms with Crippen molar-refractivity contribution in [2.24, 2.45) is 5.92 Å². The SMILES string of the molecule is C#CCCCC1(O)CCCCC1CC. The molecule has 0 aromatic heterocycles. The Morgan fingerprint density at radius 3 is 2.93 bits per heavy atom. The Balaban J connectivity index is 2.46. The zero-order valence-corrected chi connectivity index (χ0v) is 9.26. The summed E-state index contributed by atoms with van der Waals surface area (Å²) in [6.07, 6.45) is 13.7. The van der Waals surface area contributed by atoms with Gasteiger partial charge in [0.25, 0.3) is 0 Å². The molecule has 0 heterocycles. The van der Waals surface area contributed by atoms with Gasteiger partial charge in [0.2, 0.25) is 0 Å². The van der Waals surface area contributed by atoms with E-state index in [2.05, 4.69) is 12.8 Å². The van der Waals surface area contributed by atoms with Gasteiger partial charge in [0.1, 0.15) is 0 Å². The summed E-state index contributed by atoms with van der Waals surface area (Å²) in [6.45, 7) is 2.18. The summed E-state index contributed by atoms with van der Waals surface area (Å²) >= 11 is 0. The van der Waals surface area contributed by atoms with Crippen LogP contribution in [0.25, 0.3) is 0 Å². The number of unbranched alkanes of at least 4 members (excludes halogenated alkanes) is 1. The van der Waals surface area contributed by atoms with Crippen molar-refractivity contribution in [3.63, 3.8) is 0 Å². The molecule has 80 valence electrons. The van der Waals surface area contributed by atoms with Gasteiger partial charge in [-0.15, -0.1) is 12.3 Å². The Morgan fingerprint density at radius 1 is 1.50 bits per heavy atom. The van der Waals surface area contributed by atoms with Gasteiger partial charge >= 0.3 is 0 Å². The lowest BCUT2D eigenvalue weighted by molar-refractivity contribution is -0.0572. The molecular weight excluding hydrogens is 172 g/mol. The minimum absolute atomic E-state index is 0.399. The van der Waals surface area contributed by atoms with Crippen molar-refractivity contribution in [1.29, 1.82) is 0 Å². The van der Waals surface area contributed by atoms with Crippen LogP contribution in [0.15, 0.2) is 0 Å². The number of hydrogen-bond donors (Lipinski definition) is 1. The molecule has 1 heteroatoms. The van der Waals surface area contributed by atoms with E-state index < -0.39 is 5.60 Å². The Labute approximate surface area is 87.9 Å². The fourth-order valence-corrected chi connectivity index (χ4v) is 2.70. The summed E-state index contributed by atoms with van der Waals surface area (Å²) in [5, 5.41) is 10.5. The van der Waals surface area contributed by atoms with Crippen molar-refractivity contribution in [2.45, 2.75) is 63.9 Å². The summed E-state index contributed by atoms with van der Waals surface area (Å²) in [7, 11) is 0. The van der Waals surface area contributed by atoms with E-state index in [1.54, 1.807) is 0 Å². The predicted molar refractivity (Wildman–Crippen MR) is 59.9 cm³/mol. The van der Waals surface area contributed by atoms with Crippen molar-refractivity contribution in [1.82, 2.24) is 0 Å². The standard InChI is InChI=1S/C13H22O/c1-3-5-7-10-13(14)11-8-6-9-12(13)4-2/h1,12,14H,4-11H2,2H3. The molecule has 1 saturated carbocycles. The molecule has 1 aliphatic carbocycles. The van der Waals surface area contributed by atoms with Crippen LogP contribution in [0.2, 0.25) is 0 Å². The third kappa shape index (κ3) is 2.75. The van der Waals surface area contributed by atoms with Crippen LogP contribution in [0.5, 0.6) is 0 Å². The van der Waals surface area contributed by atoms with Crippen LogP contribution < -0.4 is 0 Å². The molecule has 0 aromatic rings. The average Bonchev–Trinajstić information content (AvgIpc) is 2.19. The quantitative estimate of drug-likeness (QED) is 0.538. The highest BCUT2D eigenvalue weighted by molar-refractivity contribution is 4.91. The topological polar surface area (TPSA) is 20.2 Å². The molecule has 1 fully saturated rings. The first-order valence-electron chi connectivity index (χ1n) is 5.89. The molecule has 0 aromatic carbocycles. The van der Waals surface area contributed by atoms with Crippen LogP contribution >= 0.6 is 0 Å². The first-order chi connectivity index (χ1) is 6.73. The lowest BCUT2D eigenvalue weighted by atomic mass is 9.71. The Hall–Kier alpha value is -0.480. The summed E-state index contributed by atoms with van der Waals surface area (Å²) < 4.78 is 0. The van der Waals surface area contributed by atoms with Crippen molar-refractivity contribution >= 4 is 0 Å². The van der Waals surface area contributed by atoms with Gasteiger partial charge in [0.15, 0.2) is 0 Å². The van der Waals surface area contributed by atoms with Crippen LogP contribution in [-0.4, -0.2) is 10.7 Å². The maximum atomic E-state index is 10.5. The van der Waals surface area contributed by atoms with Crippen molar-refractivity contribution < 1.29 is 5.11 Å². The molecule has 0 spiro atoms. The number of aliphatic hydroxyl groups is 1. The first-order valence-corrected chi connectivity index (χ1v) is 5.89. The van der Waals surface area contributed by atoms with Crippen LogP contribution in [-0.2, 0) is 0 Å². The molecule has 0 radical (unpaired) electrons. The van der Waals surface area contributed by atoms with Gasteiger partial charge in [0, 0.05) is 6.42 Å². The monoisotopic (exact) mass is 194 g/mol. The van der Waals surface area contributed by atoms with Crippen molar-refractivity contribution in [3.05, 3.63) is 0 Å². The zero-order valence-electron chi connectivity index (χ0n) is 9.26. The Bertz CT molecular complexity index is 204. The maximum Gasteiger partial charge on any atom is 0.0676 e. The van der Waals surface area contributed by atoms with Gasteiger partial charge in [-0.1, -0.05) is 26.2 Å². The fourth-order valence-electron chi connectivity index (χ4n) is 2.70. The van der Waals surface area contributed by atoms with E-state index in [-0.39, 0.29) is 0 Å². The second-order valence-electron chi connectivity index (χ2n) is 4.51. The van der Waals surface area contributed by atoms with Crippen LogP contribution in [0.1, 0.15) is 58.3 Å². The molecule has 14 heavy (non-hydrogen) atoms. The maximum absolute atomic E-state index is 10.5. The third-order valence-corrected chi connectivity index (χ3v) is 3.60. The summed E-state index contributed by atoms with van der Waals surface area (Å²) in [5.74, 6) is 3.15. The number of terminal acetylenes is 1. The molecule has 0 saturated heterocycles. The second-order valence-corrected chi connectivity index (χ2v) is 4.51. The summed E-state index contributed by atoms with van der Waals surface area (Å²) in [5.41, 5.74) is -0.399. The van der Waals surface area contributed by atoms with Crippen LogP contribution in [0.4, 0.5) is 0 Å². The molecule has 2 atom stereocenters. The summed E-state index contributed by atoms with van der Waals surface area (Å²) in [6, 6.07) is 0. The molecule has 1 rings (SSSR count). The van der Waals surface area contributed by atoms with Gasteiger partial charge in [-0.25, -0.2) is 0 Å². The third-order valence-electron chi connectivity index (χ3n) is 3.60. The number of hydrogen-bond acceptors (Lipinski definition) is 1. The van der Waals surface area contributed by atoms with E-state index in [1.165, 1.54) is 19.3 Å².